The Morgan fingerprint density at radius 3 is 2.32 bits per heavy atom. The summed E-state index contributed by atoms with van der Waals surface area (Å²) < 4.78 is 2.17. The van der Waals surface area contributed by atoms with E-state index in [4.69, 9.17) is 11.6 Å². The van der Waals surface area contributed by atoms with Crippen LogP contribution in [0.1, 0.15) is 0 Å². The number of nitrogens with zero attached hydrogens (tertiary/aromatic N) is 4. The Balaban J connectivity index is 1.60. The molecular formula is C20H20ClN4+. The average Bonchev–Trinajstić information content (AvgIpc) is 2.67. The zero-order chi connectivity index (χ0) is 17.5. The van der Waals surface area contributed by atoms with Gasteiger partial charge in [-0.25, -0.2) is 4.57 Å². The molecular weight excluding hydrogens is 332 g/mol. The van der Waals surface area contributed by atoms with Crippen molar-refractivity contribution in [3.8, 4) is 0 Å². The summed E-state index contributed by atoms with van der Waals surface area (Å²) >= 11 is 6.08. The summed E-state index contributed by atoms with van der Waals surface area (Å²) in [5.41, 5.74) is 2.62. The number of aromatic nitrogens is 1. The zero-order valence-electron chi connectivity index (χ0n) is 14.1. The second-order valence-electron chi connectivity index (χ2n) is 5.70. The highest BCUT2D eigenvalue weighted by atomic mass is 35.5. The number of anilines is 1. The predicted octanol–water partition coefficient (Wildman–Crippen LogP) is 5.18. The molecule has 0 bridgehead atoms. The van der Waals surface area contributed by atoms with Crippen LogP contribution >= 0.6 is 11.6 Å². The fourth-order valence-electron chi connectivity index (χ4n) is 2.40. The molecule has 0 radical (unpaired) electrons. The van der Waals surface area contributed by atoms with E-state index in [1.807, 2.05) is 48.5 Å². The van der Waals surface area contributed by atoms with E-state index in [1.165, 1.54) is 0 Å². The van der Waals surface area contributed by atoms with Gasteiger partial charge in [0.25, 0.3) is 0 Å². The minimum atomic E-state index is 0.598. The Morgan fingerprint density at radius 1 is 0.880 bits per heavy atom. The molecule has 5 heteroatoms. The monoisotopic (exact) mass is 351 g/mol. The first kappa shape index (κ1) is 17.1. The Labute approximate surface area is 153 Å². The molecule has 4 nitrogen and oxygen atoms in total. The van der Waals surface area contributed by atoms with Crippen LogP contribution in [0.4, 0.5) is 17.1 Å². The third-order valence-corrected chi connectivity index (χ3v) is 4.21. The van der Waals surface area contributed by atoms with Gasteiger partial charge in [0, 0.05) is 24.9 Å². The summed E-state index contributed by atoms with van der Waals surface area (Å²) in [5, 5.41) is 9.05. The van der Waals surface area contributed by atoms with Gasteiger partial charge in [0.2, 0.25) is 0 Å². The highest BCUT2D eigenvalue weighted by Gasteiger charge is 2.05. The predicted molar refractivity (Wildman–Crippen MR) is 102 cm³/mol. The van der Waals surface area contributed by atoms with Crippen molar-refractivity contribution < 1.29 is 4.57 Å². The van der Waals surface area contributed by atoms with Crippen LogP contribution in [0.3, 0.4) is 0 Å². The number of hydrogen-bond donors (Lipinski definition) is 0. The largest absolute Gasteiger partial charge is 0.368 e. The molecule has 0 saturated carbocycles. The summed E-state index contributed by atoms with van der Waals surface area (Å²) in [7, 11) is 2.09. The van der Waals surface area contributed by atoms with E-state index < -0.39 is 0 Å². The first-order valence-electron chi connectivity index (χ1n) is 8.14. The standard InChI is InChI=1S/C20H20ClN4/c1-24(15-16-25-13-5-2-6-14-25)18-11-9-17(10-12-18)22-23-20-8-4-3-7-19(20)21/h2-14H,15-16H2,1H3/q+1. The van der Waals surface area contributed by atoms with Gasteiger partial charge in [-0.05, 0) is 36.4 Å². The van der Waals surface area contributed by atoms with Crippen molar-refractivity contribution in [3.63, 3.8) is 0 Å². The van der Waals surface area contributed by atoms with E-state index in [1.54, 1.807) is 6.07 Å². The van der Waals surface area contributed by atoms with Gasteiger partial charge in [-0.3, -0.25) is 0 Å². The van der Waals surface area contributed by atoms with Crippen LogP contribution < -0.4 is 9.47 Å². The van der Waals surface area contributed by atoms with Crippen molar-refractivity contribution in [3.05, 3.63) is 84.1 Å². The molecule has 0 fully saturated rings. The number of azo groups is 1. The first-order chi connectivity index (χ1) is 12.2. The van der Waals surface area contributed by atoms with Crippen molar-refractivity contribution in [2.24, 2.45) is 10.2 Å². The number of hydrogen-bond acceptors (Lipinski definition) is 3. The van der Waals surface area contributed by atoms with E-state index >= 15 is 0 Å². The number of halogens is 1. The van der Waals surface area contributed by atoms with Gasteiger partial charge < -0.3 is 4.90 Å². The van der Waals surface area contributed by atoms with E-state index in [2.05, 4.69) is 51.3 Å². The molecule has 0 atom stereocenters. The second-order valence-corrected chi connectivity index (χ2v) is 6.11. The molecule has 0 aliphatic heterocycles. The molecule has 0 saturated heterocycles. The lowest BCUT2D eigenvalue weighted by atomic mass is 10.2. The van der Waals surface area contributed by atoms with Crippen molar-refractivity contribution in [2.45, 2.75) is 6.54 Å². The lowest BCUT2D eigenvalue weighted by Gasteiger charge is -2.17. The fraction of sp³-hybridized carbons (Fsp3) is 0.150. The van der Waals surface area contributed by atoms with E-state index in [9.17, 15) is 0 Å². The summed E-state index contributed by atoms with van der Waals surface area (Å²) in [6.07, 6.45) is 4.15. The van der Waals surface area contributed by atoms with Crippen molar-refractivity contribution in [1.82, 2.24) is 0 Å². The quantitative estimate of drug-likeness (QED) is 0.445. The van der Waals surface area contributed by atoms with Crippen molar-refractivity contribution >= 4 is 28.7 Å². The van der Waals surface area contributed by atoms with Crippen LogP contribution in [-0.2, 0) is 6.54 Å². The molecule has 25 heavy (non-hydrogen) atoms. The molecule has 1 aromatic heterocycles. The molecule has 126 valence electrons. The van der Waals surface area contributed by atoms with E-state index in [0.29, 0.717) is 10.7 Å². The van der Waals surface area contributed by atoms with Gasteiger partial charge in [-0.1, -0.05) is 29.8 Å². The number of likely N-dealkylation sites (N-methyl/N-ethyl adjacent to an activating group) is 1. The highest BCUT2D eigenvalue weighted by molar-refractivity contribution is 6.32. The fourth-order valence-corrected chi connectivity index (χ4v) is 2.57. The van der Waals surface area contributed by atoms with Crippen LogP contribution in [-0.4, -0.2) is 13.6 Å². The SMILES string of the molecule is CN(CC[n+]1ccccc1)c1ccc(N=Nc2ccccc2Cl)cc1. The van der Waals surface area contributed by atoms with Crippen LogP contribution in [0.5, 0.6) is 0 Å². The smallest absolute Gasteiger partial charge is 0.168 e. The Bertz CT molecular complexity index is 832. The molecule has 3 rings (SSSR count). The first-order valence-corrected chi connectivity index (χ1v) is 8.52. The number of pyridine rings is 1. The number of benzene rings is 2. The third kappa shape index (κ3) is 4.88. The molecule has 0 unspecified atom stereocenters. The van der Waals surface area contributed by atoms with Crippen LogP contribution in [0.2, 0.25) is 5.02 Å². The van der Waals surface area contributed by atoms with Crippen LogP contribution in [0.25, 0.3) is 0 Å². The topological polar surface area (TPSA) is 31.8 Å². The zero-order valence-corrected chi connectivity index (χ0v) is 14.8. The van der Waals surface area contributed by atoms with E-state index in [-0.39, 0.29) is 0 Å². The highest BCUT2D eigenvalue weighted by Crippen LogP contribution is 2.26. The summed E-state index contributed by atoms with van der Waals surface area (Å²) in [4.78, 5) is 2.22. The Hall–Kier alpha value is -2.72. The van der Waals surface area contributed by atoms with Crippen LogP contribution in [0, 0.1) is 0 Å². The lowest BCUT2D eigenvalue weighted by molar-refractivity contribution is -0.694. The molecule has 1 heterocycles. The minimum absolute atomic E-state index is 0.598. The maximum atomic E-state index is 6.08. The van der Waals surface area contributed by atoms with Gasteiger partial charge >= 0.3 is 0 Å². The number of rotatable bonds is 6. The molecule has 0 amide bonds. The summed E-state index contributed by atoms with van der Waals surface area (Å²) in [6.45, 7) is 1.86. The Kier molecular flexibility index (Phi) is 5.75. The van der Waals surface area contributed by atoms with Gasteiger partial charge in [-0.15, -0.1) is 5.11 Å². The molecule has 0 aliphatic carbocycles. The second kappa shape index (κ2) is 8.40. The van der Waals surface area contributed by atoms with Crippen molar-refractivity contribution in [1.29, 1.82) is 0 Å². The average molecular weight is 352 g/mol. The van der Waals surface area contributed by atoms with Crippen LogP contribution in [0.15, 0.2) is 89.4 Å². The molecule has 3 aromatic rings. The summed E-state index contributed by atoms with van der Waals surface area (Å²) in [6, 6.07) is 21.5. The molecule has 0 spiro atoms. The lowest BCUT2D eigenvalue weighted by Crippen LogP contribution is -2.38. The third-order valence-electron chi connectivity index (χ3n) is 3.89. The maximum Gasteiger partial charge on any atom is 0.168 e. The summed E-state index contributed by atoms with van der Waals surface area (Å²) in [5.74, 6) is 0. The minimum Gasteiger partial charge on any atom is -0.368 e. The molecule has 2 aromatic carbocycles. The Morgan fingerprint density at radius 2 is 1.60 bits per heavy atom. The molecule has 0 aliphatic rings. The maximum absolute atomic E-state index is 6.08. The van der Waals surface area contributed by atoms with E-state index in [0.717, 1.165) is 24.5 Å². The normalized spacial score (nSPS) is 11.0. The molecule has 0 N–H and O–H groups in total. The van der Waals surface area contributed by atoms with Gasteiger partial charge in [0.15, 0.2) is 18.9 Å². The van der Waals surface area contributed by atoms with Gasteiger partial charge in [-0.2, -0.15) is 5.11 Å². The van der Waals surface area contributed by atoms with Gasteiger partial charge in [0.1, 0.15) is 5.69 Å². The van der Waals surface area contributed by atoms with Gasteiger partial charge in [0.05, 0.1) is 17.3 Å². The van der Waals surface area contributed by atoms with Crippen molar-refractivity contribution in [2.75, 3.05) is 18.5 Å².